The third-order valence-electron chi connectivity index (χ3n) is 4.78. The molecule has 0 bridgehead atoms. The predicted molar refractivity (Wildman–Crippen MR) is 94.6 cm³/mol. The molecule has 138 valence electrons. The molecule has 9 heteroatoms. The molecule has 3 heterocycles. The summed E-state index contributed by atoms with van der Waals surface area (Å²) < 4.78 is 30.6. The molecule has 2 aromatic heterocycles. The average Bonchev–Trinajstić information content (AvgIpc) is 3.24. The predicted octanol–water partition coefficient (Wildman–Crippen LogP) is 1.37. The molecule has 0 aromatic carbocycles. The first-order valence-corrected chi connectivity index (χ1v) is 10.4. The molecule has 1 atom stereocenters. The molecule has 0 radical (unpaired) electrons. The van der Waals surface area contributed by atoms with Gasteiger partial charge in [-0.05, 0) is 19.3 Å². The van der Waals surface area contributed by atoms with Gasteiger partial charge in [-0.25, -0.2) is 17.7 Å². The lowest BCUT2D eigenvalue weighted by atomic mass is 9.99. The Morgan fingerprint density at radius 3 is 2.88 bits per heavy atom. The minimum Gasteiger partial charge on any atom is -0.330 e. The van der Waals surface area contributed by atoms with Gasteiger partial charge in [0.25, 0.3) is 0 Å². The van der Waals surface area contributed by atoms with E-state index in [9.17, 15) is 8.42 Å². The number of hydrogen-bond donors (Lipinski definition) is 0. The van der Waals surface area contributed by atoms with Gasteiger partial charge >= 0.3 is 0 Å². The largest absolute Gasteiger partial charge is 0.330 e. The van der Waals surface area contributed by atoms with Crippen molar-refractivity contribution in [3.8, 4) is 0 Å². The normalized spacial score (nSPS) is 19.4. The number of aromatic nitrogens is 5. The molecule has 0 N–H and O–H groups in total. The van der Waals surface area contributed by atoms with Crippen LogP contribution in [0.5, 0.6) is 0 Å². The van der Waals surface area contributed by atoms with Gasteiger partial charge in [-0.15, -0.1) is 10.2 Å². The zero-order valence-corrected chi connectivity index (χ0v) is 15.7. The van der Waals surface area contributed by atoms with Crippen LogP contribution in [0.15, 0.2) is 18.7 Å². The summed E-state index contributed by atoms with van der Waals surface area (Å²) in [5.41, 5.74) is 0. The summed E-state index contributed by atoms with van der Waals surface area (Å²) in [7, 11) is -1.22. The van der Waals surface area contributed by atoms with E-state index in [1.54, 1.807) is 16.8 Å². The van der Waals surface area contributed by atoms with Gasteiger partial charge in [0.1, 0.15) is 5.82 Å². The first-order valence-electron chi connectivity index (χ1n) is 8.83. The molecule has 3 rings (SSSR count). The Morgan fingerprint density at radius 2 is 2.16 bits per heavy atom. The fraction of sp³-hybridized carbons (Fsp3) is 0.688. The van der Waals surface area contributed by atoms with E-state index in [2.05, 4.69) is 15.2 Å². The fourth-order valence-corrected chi connectivity index (χ4v) is 5.00. The van der Waals surface area contributed by atoms with Crippen LogP contribution in [-0.4, -0.2) is 55.9 Å². The van der Waals surface area contributed by atoms with Crippen molar-refractivity contribution in [2.24, 2.45) is 7.05 Å². The summed E-state index contributed by atoms with van der Waals surface area (Å²) in [5.74, 6) is 2.05. The van der Waals surface area contributed by atoms with E-state index in [-0.39, 0.29) is 11.7 Å². The first kappa shape index (κ1) is 18.1. The van der Waals surface area contributed by atoms with E-state index in [0.717, 1.165) is 30.9 Å². The van der Waals surface area contributed by atoms with Gasteiger partial charge in [-0.2, -0.15) is 0 Å². The van der Waals surface area contributed by atoms with E-state index < -0.39 is 10.0 Å². The Morgan fingerprint density at radius 1 is 1.32 bits per heavy atom. The molecule has 0 amide bonds. The van der Waals surface area contributed by atoms with Crippen molar-refractivity contribution < 1.29 is 8.42 Å². The quantitative estimate of drug-likeness (QED) is 0.739. The minimum absolute atomic E-state index is 0.0965. The summed E-state index contributed by atoms with van der Waals surface area (Å²) in [6, 6.07) is 0. The number of unbranched alkanes of at least 4 members (excludes halogenated alkanes) is 1. The van der Waals surface area contributed by atoms with Gasteiger partial charge in [0.05, 0.1) is 18.6 Å². The van der Waals surface area contributed by atoms with Crippen LogP contribution in [0, 0.1) is 0 Å². The summed E-state index contributed by atoms with van der Waals surface area (Å²) >= 11 is 0. The first-order chi connectivity index (χ1) is 12.0. The topological polar surface area (TPSA) is 85.9 Å². The van der Waals surface area contributed by atoms with E-state index in [4.69, 9.17) is 0 Å². The van der Waals surface area contributed by atoms with Crippen LogP contribution in [0.1, 0.15) is 50.2 Å². The summed E-state index contributed by atoms with van der Waals surface area (Å²) in [6.07, 6.45) is 8.77. The second-order valence-electron chi connectivity index (χ2n) is 6.64. The highest BCUT2D eigenvalue weighted by Crippen LogP contribution is 2.27. The van der Waals surface area contributed by atoms with E-state index >= 15 is 0 Å². The van der Waals surface area contributed by atoms with Crippen molar-refractivity contribution in [1.82, 2.24) is 28.6 Å². The van der Waals surface area contributed by atoms with Crippen molar-refractivity contribution in [3.63, 3.8) is 0 Å². The molecule has 8 nitrogen and oxygen atoms in total. The highest BCUT2D eigenvalue weighted by Gasteiger charge is 2.31. The number of piperidine rings is 1. The molecular weight excluding hydrogens is 340 g/mol. The molecule has 1 aliphatic rings. The van der Waals surface area contributed by atoms with Crippen LogP contribution in [0.2, 0.25) is 0 Å². The Kier molecular flexibility index (Phi) is 5.53. The maximum Gasteiger partial charge on any atom is 0.214 e. The highest BCUT2D eigenvalue weighted by atomic mass is 32.2. The monoisotopic (exact) mass is 366 g/mol. The molecule has 1 saturated heterocycles. The number of sulfonamides is 1. The molecular formula is C16H26N6O2S. The Labute approximate surface area is 148 Å². The van der Waals surface area contributed by atoms with Crippen molar-refractivity contribution in [2.75, 3.05) is 18.8 Å². The van der Waals surface area contributed by atoms with Gasteiger partial charge in [0.15, 0.2) is 5.82 Å². The third kappa shape index (κ3) is 4.09. The molecule has 0 saturated carbocycles. The van der Waals surface area contributed by atoms with Gasteiger partial charge in [0, 0.05) is 38.4 Å². The average molecular weight is 366 g/mol. The van der Waals surface area contributed by atoms with Crippen molar-refractivity contribution in [3.05, 3.63) is 30.4 Å². The minimum atomic E-state index is -3.17. The van der Waals surface area contributed by atoms with E-state index in [1.807, 2.05) is 29.3 Å². The number of nitrogens with zero attached hydrogens (tertiary/aromatic N) is 6. The van der Waals surface area contributed by atoms with Crippen LogP contribution in [0.3, 0.4) is 0 Å². The lowest BCUT2D eigenvalue weighted by Crippen LogP contribution is -2.40. The number of imidazole rings is 1. The van der Waals surface area contributed by atoms with Crippen molar-refractivity contribution in [1.29, 1.82) is 0 Å². The van der Waals surface area contributed by atoms with Crippen LogP contribution < -0.4 is 0 Å². The fourth-order valence-electron chi connectivity index (χ4n) is 3.27. The maximum absolute atomic E-state index is 12.5. The second kappa shape index (κ2) is 7.65. The van der Waals surface area contributed by atoms with Crippen LogP contribution in [-0.2, 0) is 23.6 Å². The SMILES string of the molecule is CCCCS(=O)(=O)N1CCCC(c2nnc(Cn3ccnc3)n2C)C1. The van der Waals surface area contributed by atoms with E-state index in [0.29, 0.717) is 26.1 Å². The Bertz CT molecular complexity index is 784. The standard InChI is InChI=1S/C16H26N6O2S/c1-3-4-10-25(23,24)22-8-5-6-14(11-22)16-19-18-15(20(16)2)12-21-9-7-17-13-21/h7,9,13-14H,3-6,8,10-12H2,1-2H3. The molecule has 0 spiro atoms. The van der Waals surface area contributed by atoms with Gasteiger partial charge in [0.2, 0.25) is 10.0 Å². The Balaban J connectivity index is 1.72. The number of rotatable bonds is 7. The smallest absolute Gasteiger partial charge is 0.214 e. The van der Waals surface area contributed by atoms with Crippen LogP contribution >= 0.6 is 0 Å². The van der Waals surface area contributed by atoms with Gasteiger partial charge in [-0.3, -0.25) is 0 Å². The number of hydrogen-bond acceptors (Lipinski definition) is 5. The lowest BCUT2D eigenvalue weighted by Gasteiger charge is -2.31. The molecule has 1 unspecified atom stereocenters. The van der Waals surface area contributed by atoms with Gasteiger partial charge in [-0.1, -0.05) is 13.3 Å². The zero-order chi connectivity index (χ0) is 17.9. The maximum atomic E-state index is 12.5. The molecule has 0 aliphatic carbocycles. The Hall–Kier alpha value is -1.74. The summed E-state index contributed by atoms with van der Waals surface area (Å²) in [5, 5.41) is 8.66. The van der Waals surface area contributed by atoms with Crippen LogP contribution in [0.25, 0.3) is 0 Å². The second-order valence-corrected chi connectivity index (χ2v) is 8.72. The molecule has 1 aliphatic heterocycles. The lowest BCUT2D eigenvalue weighted by molar-refractivity contribution is 0.305. The summed E-state index contributed by atoms with van der Waals surface area (Å²) in [4.78, 5) is 4.04. The summed E-state index contributed by atoms with van der Waals surface area (Å²) in [6.45, 7) is 3.73. The molecule has 25 heavy (non-hydrogen) atoms. The van der Waals surface area contributed by atoms with Crippen LogP contribution in [0.4, 0.5) is 0 Å². The third-order valence-corrected chi connectivity index (χ3v) is 6.70. The van der Waals surface area contributed by atoms with Crippen molar-refractivity contribution in [2.45, 2.75) is 45.1 Å². The van der Waals surface area contributed by atoms with E-state index in [1.165, 1.54) is 0 Å². The highest BCUT2D eigenvalue weighted by molar-refractivity contribution is 7.89. The molecule has 1 fully saturated rings. The molecule has 2 aromatic rings. The zero-order valence-electron chi connectivity index (χ0n) is 14.9. The van der Waals surface area contributed by atoms with Gasteiger partial charge < -0.3 is 9.13 Å². The van der Waals surface area contributed by atoms with Crippen molar-refractivity contribution >= 4 is 10.0 Å².